The maximum absolute atomic E-state index is 12.9. The van der Waals surface area contributed by atoms with Crippen molar-refractivity contribution in [2.75, 3.05) is 51.3 Å². The highest BCUT2D eigenvalue weighted by Gasteiger charge is 2.57. The third kappa shape index (κ3) is 3.08. The van der Waals surface area contributed by atoms with Crippen molar-refractivity contribution in [2.45, 2.75) is 24.4 Å². The van der Waals surface area contributed by atoms with E-state index in [9.17, 15) is 9.59 Å². The molecule has 0 radical (unpaired) electrons. The molecular weight excluding hydrogens is 344 g/mol. The van der Waals surface area contributed by atoms with E-state index in [1.807, 2.05) is 40.1 Å². The minimum atomic E-state index is -0.120. The highest BCUT2D eigenvalue weighted by Crippen LogP contribution is 2.39. The molecular formula is C20H26N4O3. The summed E-state index contributed by atoms with van der Waals surface area (Å²) < 4.78 is 5.69. The predicted octanol–water partition coefficient (Wildman–Crippen LogP) is 1.23. The largest absolute Gasteiger partial charge is 0.378 e. The number of hydrogen-bond donors (Lipinski definition) is 1. The van der Waals surface area contributed by atoms with Gasteiger partial charge in [0.2, 0.25) is 5.91 Å². The molecule has 144 valence electrons. The molecule has 1 N–H and O–H groups in total. The second-order valence-electron chi connectivity index (χ2n) is 8.29. The molecule has 1 aromatic carbocycles. The predicted molar refractivity (Wildman–Crippen MR) is 100 cm³/mol. The number of likely N-dealkylation sites (tertiary alicyclic amines) is 1. The van der Waals surface area contributed by atoms with Crippen LogP contribution in [-0.4, -0.2) is 84.2 Å². The number of nitrogens with one attached hydrogen (secondary N) is 1. The number of morpholine rings is 1. The molecule has 27 heavy (non-hydrogen) atoms. The summed E-state index contributed by atoms with van der Waals surface area (Å²) in [5.74, 6) is 0.556. The summed E-state index contributed by atoms with van der Waals surface area (Å²) in [5.41, 5.74) is 0.684. The second-order valence-corrected chi connectivity index (χ2v) is 8.29. The number of anilines is 1. The van der Waals surface area contributed by atoms with E-state index in [1.54, 1.807) is 0 Å². The van der Waals surface area contributed by atoms with Crippen molar-refractivity contribution in [1.82, 2.24) is 14.7 Å². The Kier molecular flexibility index (Phi) is 4.09. The van der Waals surface area contributed by atoms with Gasteiger partial charge in [-0.3, -0.25) is 9.69 Å². The molecule has 1 aromatic rings. The lowest BCUT2D eigenvalue weighted by atomic mass is 9.82. The van der Waals surface area contributed by atoms with Crippen LogP contribution in [0.25, 0.3) is 0 Å². The molecule has 4 fully saturated rings. The van der Waals surface area contributed by atoms with Gasteiger partial charge < -0.3 is 19.9 Å². The summed E-state index contributed by atoms with van der Waals surface area (Å²) in [5, 5.41) is 3.00. The van der Waals surface area contributed by atoms with Crippen LogP contribution in [0.4, 0.5) is 10.5 Å². The van der Waals surface area contributed by atoms with E-state index < -0.39 is 0 Å². The number of para-hydroxylation sites is 1. The minimum Gasteiger partial charge on any atom is -0.378 e. The molecule has 4 aliphatic rings. The van der Waals surface area contributed by atoms with Crippen LogP contribution in [-0.2, 0) is 9.53 Å². The quantitative estimate of drug-likeness (QED) is 0.850. The Bertz CT molecular complexity index is 730. The molecule has 3 heterocycles. The molecule has 1 atom stereocenters. The molecule has 1 aliphatic carbocycles. The van der Waals surface area contributed by atoms with Gasteiger partial charge in [-0.05, 0) is 25.0 Å². The number of benzene rings is 1. The van der Waals surface area contributed by atoms with Crippen molar-refractivity contribution in [3.8, 4) is 0 Å². The van der Waals surface area contributed by atoms with Gasteiger partial charge in [-0.1, -0.05) is 18.2 Å². The molecule has 3 saturated heterocycles. The molecule has 1 spiro atoms. The Morgan fingerprint density at radius 3 is 2.56 bits per heavy atom. The first-order valence-electron chi connectivity index (χ1n) is 9.89. The first-order valence-corrected chi connectivity index (χ1v) is 9.89. The molecule has 3 aliphatic heterocycles. The van der Waals surface area contributed by atoms with Gasteiger partial charge in [0.1, 0.15) is 0 Å². The number of carbonyl (C=O) groups excluding carboxylic acids is 2. The number of urea groups is 1. The lowest BCUT2D eigenvalue weighted by Crippen LogP contribution is -2.81. The summed E-state index contributed by atoms with van der Waals surface area (Å²) in [6.45, 7) is 5.04. The van der Waals surface area contributed by atoms with Gasteiger partial charge in [-0.15, -0.1) is 0 Å². The van der Waals surface area contributed by atoms with Crippen LogP contribution in [0.2, 0.25) is 0 Å². The monoisotopic (exact) mass is 370 g/mol. The van der Waals surface area contributed by atoms with Crippen molar-refractivity contribution >= 4 is 17.6 Å². The number of ether oxygens (including phenoxy) is 1. The number of carbonyl (C=O) groups is 2. The number of rotatable bonds is 2. The van der Waals surface area contributed by atoms with E-state index in [2.05, 4.69) is 10.2 Å². The molecule has 5 rings (SSSR count). The van der Waals surface area contributed by atoms with Crippen LogP contribution in [0.5, 0.6) is 0 Å². The Morgan fingerprint density at radius 2 is 1.81 bits per heavy atom. The molecule has 1 saturated carbocycles. The number of hydrogen-bond acceptors (Lipinski definition) is 4. The standard InChI is InChI=1S/C20H26N4O3/c25-18(15-6-7-15)23-13-20(14-23)12-22(10-17-11-27-9-8-24(17)20)19(26)21-16-4-2-1-3-5-16/h1-5,15,17H,6-14H2,(H,21,26). The number of nitrogens with zero attached hydrogens (tertiary/aromatic N) is 3. The molecule has 0 bridgehead atoms. The van der Waals surface area contributed by atoms with E-state index in [4.69, 9.17) is 4.74 Å². The third-order valence-electron chi connectivity index (χ3n) is 6.27. The zero-order valence-corrected chi connectivity index (χ0v) is 15.5. The molecule has 0 aromatic heterocycles. The summed E-state index contributed by atoms with van der Waals surface area (Å²) in [6.07, 6.45) is 2.07. The normalized spacial score (nSPS) is 27.0. The van der Waals surface area contributed by atoms with Crippen LogP contribution >= 0.6 is 0 Å². The summed E-state index contributed by atoms with van der Waals surface area (Å²) >= 11 is 0. The Morgan fingerprint density at radius 1 is 1.07 bits per heavy atom. The van der Waals surface area contributed by atoms with Gasteiger partial charge >= 0.3 is 6.03 Å². The van der Waals surface area contributed by atoms with Gasteiger partial charge in [0, 0.05) is 44.3 Å². The van der Waals surface area contributed by atoms with Gasteiger partial charge in [0.05, 0.1) is 24.8 Å². The minimum absolute atomic E-state index is 0.0715. The summed E-state index contributed by atoms with van der Waals surface area (Å²) in [4.78, 5) is 31.7. The van der Waals surface area contributed by atoms with Crippen molar-refractivity contribution in [3.05, 3.63) is 30.3 Å². The first-order chi connectivity index (χ1) is 13.1. The SMILES string of the molecule is O=C(Nc1ccccc1)N1CC2COCCN2C2(C1)CN(C(=O)C1CC1)C2. The van der Waals surface area contributed by atoms with Crippen LogP contribution in [0, 0.1) is 5.92 Å². The average Bonchev–Trinajstić information content (AvgIpc) is 3.51. The van der Waals surface area contributed by atoms with Gasteiger partial charge in [-0.25, -0.2) is 4.79 Å². The van der Waals surface area contributed by atoms with Crippen LogP contribution in [0.1, 0.15) is 12.8 Å². The van der Waals surface area contributed by atoms with Gasteiger partial charge in [-0.2, -0.15) is 0 Å². The highest BCUT2D eigenvalue weighted by atomic mass is 16.5. The molecule has 7 nitrogen and oxygen atoms in total. The van der Waals surface area contributed by atoms with Crippen molar-refractivity contribution in [3.63, 3.8) is 0 Å². The van der Waals surface area contributed by atoms with E-state index in [0.717, 1.165) is 44.8 Å². The van der Waals surface area contributed by atoms with Crippen LogP contribution in [0.15, 0.2) is 30.3 Å². The summed E-state index contributed by atoms with van der Waals surface area (Å²) in [6, 6.07) is 9.68. The molecule has 1 unspecified atom stereocenters. The maximum Gasteiger partial charge on any atom is 0.321 e. The fraction of sp³-hybridized carbons (Fsp3) is 0.600. The third-order valence-corrected chi connectivity index (χ3v) is 6.27. The van der Waals surface area contributed by atoms with E-state index in [1.165, 1.54) is 0 Å². The lowest BCUT2D eigenvalue weighted by molar-refractivity contribution is -0.172. The smallest absolute Gasteiger partial charge is 0.321 e. The fourth-order valence-corrected chi connectivity index (χ4v) is 4.76. The number of amides is 3. The Hall–Kier alpha value is -2.12. The lowest BCUT2D eigenvalue weighted by Gasteiger charge is -2.63. The van der Waals surface area contributed by atoms with E-state index in [0.29, 0.717) is 25.6 Å². The first kappa shape index (κ1) is 17.0. The Labute approximate surface area is 159 Å². The molecule has 3 amide bonds. The Balaban J connectivity index is 1.31. The zero-order valence-electron chi connectivity index (χ0n) is 15.5. The fourth-order valence-electron chi connectivity index (χ4n) is 4.76. The number of fused-ring (bicyclic) bond motifs is 2. The van der Waals surface area contributed by atoms with Gasteiger partial charge in [0.15, 0.2) is 0 Å². The summed E-state index contributed by atoms with van der Waals surface area (Å²) in [7, 11) is 0. The van der Waals surface area contributed by atoms with Gasteiger partial charge in [0.25, 0.3) is 0 Å². The number of piperazine rings is 1. The maximum atomic E-state index is 12.9. The topological polar surface area (TPSA) is 65.1 Å². The van der Waals surface area contributed by atoms with Crippen LogP contribution in [0.3, 0.4) is 0 Å². The van der Waals surface area contributed by atoms with Crippen LogP contribution < -0.4 is 5.32 Å². The molecule has 7 heteroatoms. The van der Waals surface area contributed by atoms with E-state index >= 15 is 0 Å². The van der Waals surface area contributed by atoms with Crippen molar-refractivity contribution < 1.29 is 14.3 Å². The highest BCUT2D eigenvalue weighted by molar-refractivity contribution is 5.89. The second kappa shape index (κ2) is 6.49. The van der Waals surface area contributed by atoms with Crippen molar-refractivity contribution in [1.29, 1.82) is 0 Å². The van der Waals surface area contributed by atoms with Crippen molar-refractivity contribution in [2.24, 2.45) is 5.92 Å². The average molecular weight is 370 g/mol. The zero-order chi connectivity index (χ0) is 18.4. The van der Waals surface area contributed by atoms with E-state index in [-0.39, 0.29) is 23.5 Å².